The molecule has 1 aromatic carbocycles. The fraction of sp³-hybridized carbons (Fsp3) is 0.357. The van der Waals surface area contributed by atoms with E-state index in [1.807, 2.05) is 0 Å². The third kappa shape index (κ3) is 2.66. The first kappa shape index (κ1) is 15.5. The van der Waals surface area contributed by atoms with Crippen LogP contribution in [0.2, 0.25) is 0 Å². The van der Waals surface area contributed by atoms with Crippen LogP contribution in [0.4, 0.5) is 8.78 Å². The zero-order valence-corrected chi connectivity index (χ0v) is 13.2. The van der Waals surface area contributed by atoms with Crippen LogP contribution in [0.25, 0.3) is 0 Å². The second-order valence-electron chi connectivity index (χ2n) is 5.05. The molecule has 0 N–H and O–H groups in total. The minimum Gasteiger partial charge on any atom is -0.248 e. The molecule has 0 unspecified atom stereocenters. The van der Waals surface area contributed by atoms with Gasteiger partial charge in [0.1, 0.15) is 9.90 Å². The zero-order chi connectivity index (χ0) is 15.7. The maximum Gasteiger partial charge on any atom is 0.246 e. The summed E-state index contributed by atoms with van der Waals surface area (Å²) >= 11 is 1.37. The van der Waals surface area contributed by atoms with Crippen molar-refractivity contribution in [1.82, 2.24) is 9.29 Å². The fourth-order valence-electron chi connectivity index (χ4n) is 2.65. The molecule has 0 amide bonds. The number of benzene rings is 1. The molecule has 1 fully saturated rings. The van der Waals surface area contributed by atoms with Gasteiger partial charge >= 0.3 is 0 Å². The van der Waals surface area contributed by atoms with Crippen molar-refractivity contribution in [3.63, 3.8) is 0 Å². The summed E-state index contributed by atoms with van der Waals surface area (Å²) in [6.07, 6.45) is 3.81. The quantitative estimate of drug-likeness (QED) is 0.858. The van der Waals surface area contributed by atoms with E-state index < -0.39 is 32.6 Å². The second kappa shape index (κ2) is 6.02. The molecule has 0 bridgehead atoms. The lowest BCUT2D eigenvalue weighted by atomic mass is 10.1. The number of nitrogens with zero attached hydrogens (tertiary/aromatic N) is 2. The summed E-state index contributed by atoms with van der Waals surface area (Å²) in [6, 6.07) is 2.79. The molecule has 2 heterocycles. The van der Waals surface area contributed by atoms with E-state index in [0.717, 1.165) is 18.6 Å². The molecule has 1 atom stereocenters. The monoisotopic (exact) mass is 344 g/mol. The first-order valence-corrected chi connectivity index (χ1v) is 9.19. The van der Waals surface area contributed by atoms with Gasteiger partial charge in [0.05, 0.1) is 6.04 Å². The van der Waals surface area contributed by atoms with Gasteiger partial charge in [0.25, 0.3) is 0 Å². The molecule has 1 aliphatic heterocycles. The van der Waals surface area contributed by atoms with E-state index in [0.29, 0.717) is 17.8 Å². The number of aromatic nitrogens is 1. The third-order valence-corrected chi connectivity index (χ3v) is 6.50. The molecule has 1 aromatic heterocycles. The van der Waals surface area contributed by atoms with Crippen LogP contribution < -0.4 is 0 Å². The Morgan fingerprint density at radius 2 is 2.09 bits per heavy atom. The van der Waals surface area contributed by atoms with Crippen molar-refractivity contribution in [3.05, 3.63) is 46.4 Å². The van der Waals surface area contributed by atoms with E-state index in [1.54, 1.807) is 11.6 Å². The molecule has 0 aliphatic carbocycles. The summed E-state index contributed by atoms with van der Waals surface area (Å²) in [4.78, 5) is 3.57. The predicted molar refractivity (Wildman–Crippen MR) is 79.0 cm³/mol. The van der Waals surface area contributed by atoms with Gasteiger partial charge < -0.3 is 0 Å². The standard InChI is InChI=1S/C14H14F2N2O2S2/c15-10-4-3-6-12(13(10)16)22(19,20)18-8-2-1-5-11(18)14-17-7-9-21-14/h3-4,6-7,9,11H,1-2,5,8H2/t11-/m0/s1. The van der Waals surface area contributed by atoms with E-state index in [2.05, 4.69) is 4.98 Å². The molecule has 4 nitrogen and oxygen atoms in total. The van der Waals surface area contributed by atoms with Gasteiger partial charge in [-0.2, -0.15) is 4.31 Å². The minimum atomic E-state index is -4.11. The lowest BCUT2D eigenvalue weighted by Crippen LogP contribution is -2.38. The van der Waals surface area contributed by atoms with Gasteiger partial charge in [-0.1, -0.05) is 12.5 Å². The third-order valence-electron chi connectivity index (χ3n) is 3.69. The van der Waals surface area contributed by atoms with E-state index in [-0.39, 0.29) is 6.54 Å². The Balaban J connectivity index is 2.04. The number of halogens is 2. The SMILES string of the molecule is O=S(=O)(c1cccc(F)c1F)N1CCCC[C@H]1c1nccs1. The summed E-state index contributed by atoms with van der Waals surface area (Å²) in [7, 11) is -4.11. The summed E-state index contributed by atoms with van der Waals surface area (Å²) in [5.74, 6) is -2.49. The molecule has 3 rings (SSSR count). The Labute approximate surface area is 131 Å². The second-order valence-corrected chi connectivity index (χ2v) is 7.83. The van der Waals surface area contributed by atoms with E-state index in [9.17, 15) is 17.2 Å². The first-order chi connectivity index (χ1) is 10.5. The van der Waals surface area contributed by atoms with Crippen molar-refractivity contribution in [2.24, 2.45) is 0 Å². The molecule has 1 aliphatic rings. The van der Waals surface area contributed by atoms with E-state index in [4.69, 9.17) is 0 Å². The molecule has 0 radical (unpaired) electrons. The smallest absolute Gasteiger partial charge is 0.246 e. The van der Waals surface area contributed by atoms with Crippen LogP contribution in [0.3, 0.4) is 0 Å². The van der Waals surface area contributed by atoms with Crippen molar-refractivity contribution in [1.29, 1.82) is 0 Å². The maximum absolute atomic E-state index is 13.9. The number of rotatable bonds is 3. The highest BCUT2D eigenvalue weighted by Gasteiger charge is 2.37. The highest BCUT2D eigenvalue weighted by Crippen LogP contribution is 2.36. The average Bonchev–Trinajstić information content (AvgIpc) is 3.04. The van der Waals surface area contributed by atoms with Gasteiger partial charge in [0, 0.05) is 18.1 Å². The van der Waals surface area contributed by atoms with E-state index >= 15 is 0 Å². The lowest BCUT2D eigenvalue weighted by molar-refractivity contribution is 0.254. The Morgan fingerprint density at radius 1 is 1.27 bits per heavy atom. The number of sulfonamides is 1. The maximum atomic E-state index is 13.9. The van der Waals surface area contributed by atoms with Crippen LogP contribution in [0.15, 0.2) is 34.7 Å². The van der Waals surface area contributed by atoms with Crippen LogP contribution in [-0.4, -0.2) is 24.3 Å². The predicted octanol–water partition coefficient (Wildman–Crippen LogP) is 3.34. The molecule has 22 heavy (non-hydrogen) atoms. The Bertz CT molecular complexity index is 763. The number of thiazole rings is 1. The molecule has 0 spiro atoms. The highest BCUT2D eigenvalue weighted by atomic mass is 32.2. The van der Waals surface area contributed by atoms with Crippen LogP contribution in [0.5, 0.6) is 0 Å². The number of piperidine rings is 1. The van der Waals surface area contributed by atoms with Crippen LogP contribution in [0, 0.1) is 11.6 Å². The summed E-state index contributed by atoms with van der Waals surface area (Å²) in [6.45, 7) is 0.280. The summed E-state index contributed by atoms with van der Waals surface area (Å²) in [5, 5.41) is 2.46. The fourth-order valence-corrected chi connectivity index (χ4v) is 5.24. The van der Waals surface area contributed by atoms with Crippen molar-refractivity contribution >= 4 is 21.4 Å². The summed E-state index contributed by atoms with van der Waals surface area (Å²) in [5.41, 5.74) is 0. The number of hydrogen-bond acceptors (Lipinski definition) is 4. The van der Waals surface area contributed by atoms with E-state index in [1.165, 1.54) is 21.7 Å². The normalized spacial score (nSPS) is 20.2. The largest absolute Gasteiger partial charge is 0.248 e. The zero-order valence-electron chi connectivity index (χ0n) is 11.6. The first-order valence-electron chi connectivity index (χ1n) is 6.87. The van der Waals surface area contributed by atoms with Crippen molar-refractivity contribution < 1.29 is 17.2 Å². The van der Waals surface area contributed by atoms with Gasteiger partial charge in [-0.25, -0.2) is 22.2 Å². The topological polar surface area (TPSA) is 50.3 Å². The Hall–Kier alpha value is -1.38. The average molecular weight is 344 g/mol. The summed E-state index contributed by atoms with van der Waals surface area (Å²) < 4.78 is 54.1. The van der Waals surface area contributed by atoms with Crippen LogP contribution in [-0.2, 0) is 10.0 Å². The molecule has 0 saturated carbocycles. The molecule has 2 aromatic rings. The molecule has 1 saturated heterocycles. The molecule has 8 heteroatoms. The van der Waals surface area contributed by atoms with Crippen molar-refractivity contribution in [2.45, 2.75) is 30.2 Å². The van der Waals surface area contributed by atoms with Crippen LogP contribution >= 0.6 is 11.3 Å². The van der Waals surface area contributed by atoms with Crippen LogP contribution in [0.1, 0.15) is 30.3 Å². The minimum absolute atomic E-state index is 0.280. The highest BCUT2D eigenvalue weighted by molar-refractivity contribution is 7.89. The van der Waals surface area contributed by atoms with Gasteiger partial charge in [-0.15, -0.1) is 11.3 Å². The van der Waals surface area contributed by atoms with Gasteiger partial charge in [0.2, 0.25) is 10.0 Å². The Kier molecular flexibility index (Phi) is 4.24. The molecular formula is C14H14F2N2O2S2. The van der Waals surface area contributed by atoms with Crippen molar-refractivity contribution in [2.75, 3.05) is 6.54 Å². The molecule has 118 valence electrons. The lowest BCUT2D eigenvalue weighted by Gasteiger charge is -2.33. The van der Waals surface area contributed by atoms with Gasteiger partial charge in [0.15, 0.2) is 11.6 Å². The van der Waals surface area contributed by atoms with Crippen molar-refractivity contribution in [3.8, 4) is 0 Å². The molecular weight excluding hydrogens is 330 g/mol. The van der Waals surface area contributed by atoms with Gasteiger partial charge in [-0.05, 0) is 25.0 Å². The Morgan fingerprint density at radius 3 is 2.82 bits per heavy atom. The number of hydrogen-bond donors (Lipinski definition) is 0. The van der Waals surface area contributed by atoms with Gasteiger partial charge in [-0.3, -0.25) is 0 Å².